The fourth-order valence-corrected chi connectivity index (χ4v) is 12.6. The molecule has 0 atom stereocenters. The quantitative estimate of drug-likeness (QED) is 0.102. The van der Waals surface area contributed by atoms with Gasteiger partial charge in [-0.1, -0.05) is 94.9 Å². The molecule has 12 aromatic rings. The minimum absolute atomic E-state index is 0.000677. The minimum atomic E-state index is -3.30. The van der Waals surface area contributed by atoms with Gasteiger partial charge in [-0.05, 0) is 157 Å². The molecule has 0 amide bonds. The molecule has 0 aliphatic heterocycles. The van der Waals surface area contributed by atoms with Crippen molar-refractivity contribution in [3.05, 3.63) is 262 Å². The van der Waals surface area contributed by atoms with Crippen LogP contribution >= 0.6 is 46.4 Å². The first kappa shape index (κ1) is 66.2. The second kappa shape index (κ2) is 31.7. The van der Waals surface area contributed by atoms with Gasteiger partial charge in [0.15, 0.2) is 39.3 Å². The Labute approximate surface area is 595 Å². The molecule has 500 valence electrons. The molecule has 0 bridgehead atoms. The van der Waals surface area contributed by atoms with Crippen molar-refractivity contribution in [1.29, 1.82) is 0 Å². The van der Waals surface area contributed by atoms with E-state index < -0.39 is 52.8 Å². The van der Waals surface area contributed by atoms with Crippen molar-refractivity contribution in [3.63, 3.8) is 0 Å². The first-order chi connectivity index (χ1) is 48.3. The van der Waals surface area contributed by atoms with Crippen LogP contribution in [0, 0.1) is 13.8 Å². The molecule has 8 heterocycles. The molecular formula is C72H60Cl4N8O10S4. The van der Waals surface area contributed by atoms with Gasteiger partial charge >= 0.3 is 0 Å². The monoisotopic (exact) mass is 1470 g/mol. The average Bonchev–Trinajstić information content (AvgIpc) is 0.810. The van der Waals surface area contributed by atoms with Gasteiger partial charge in [0.1, 0.15) is 0 Å². The predicted octanol–water partition coefficient (Wildman–Crippen LogP) is 15.1. The highest BCUT2D eigenvalue weighted by molar-refractivity contribution is 7.91. The van der Waals surface area contributed by atoms with E-state index in [0.29, 0.717) is 70.7 Å². The fourth-order valence-electron chi connectivity index (χ4n) is 9.48. The first-order valence-electron chi connectivity index (χ1n) is 31.3. The summed E-state index contributed by atoms with van der Waals surface area (Å²) in [6.45, 7) is -3.02. The SMILES string of the molecule is CS(=O)(=O)c1ccc(-c2cc(Cl)cnc2-c2ccc(CO)nc2)cc1.Cc1ccc(-c2ncc(Cl)cc2-c2ccc(S(C)(=O)=O)cc2)cn1.[2H]C([2H])(O)c1ccc(-c2ncc(Cl)cc2-c2ccc(S(C)(=O)=O)cc2)cn1.[2H]C([2H])([2H])c1ccc(-c2ncc(Cl)cc2-c2ccc(S(C)(=O)=O)cc2)cn1. The molecule has 0 spiro atoms. The number of aliphatic hydroxyl groups is 2. The third-order valence-corrected chi connectivity index (χ3v) is 19.8. The molecule has 12 rings (SSSR count). The highest BCUT2D eigenvalue weighted by Gasteiger charge is 2.18. The molecule has 0 saturated carbocycles. The Morgan fingerprint density at radius 1 is 0.327 bits per heavy atom. The van der Waals surface area contributed by atoms with Crippen LogP contribution in [0.2, 0.25) is 20.1 Å². The number of rotatable bonds is 14. The van der Waals surface area contributed by atoms with Crippen molar-refractivity contribution in [2.45, 2.75) is 46.5 Å². The minimum Gasteiger partial charge on any atom is -0.390 e. The maximum atomic E-state index is 11.6. The standard InChI is InChI=1S/2C18H15ClN2O3S.2C18H15ClN2O2S/c2*1-25(23,24)16-6-3-12(4-7-16)17-8-14(19)10-21-18(17)13-2-5-15(11-22)20-9-13;2*1-12-3-4-14(10-20-12)18-17(9-15(19)11-21-18)13-5-7-16(8-6-13)24(2,22)23/h2*2-10,22H,11H2,1H3;2*3-11H,1-2H3/i11D2;;1D3;. The Balaban J connectivity index is 0.000000160. The summed E-state index contributed by atoms with van der Waals surface area (Å²) in [5.74, 6) is 0. The van der Waals surface area contributed by atoms with Crippen molar-refractivity contribution >= 4 is 85.8 Å². The molecule has 0 saturated heterocycles. The number of pyridine rings is 8. The third kappa shape index (κ3) is 19.2. The van der Waals surface area contributed by atoms with Crippen LogP contribution < -0.4 is 0 Å². The van der Waals surface area contributed by atoms with Gasteiger partial charge in [0.25, 0.3) is 0 Å². The fraction of sp³-hybridized carbons (Fsp3) is 0.111. The van der Waals surface area contributed by atoms with E-state index in [-0.39, 0.29) is 37.6 Å². The number of benzene rings is 4. The zero-order valence-electron chi connectivity index (χ0n) is 57.4. The maximum absolute atomic E-state index is 11.6. The molecule has 0 fully saturated rings. The summed E-state index contributed by atoms with van der Waals surface area (Å²) >= 11 is 24.4. The molecule has 0 radical (unpaired) electrons. The smallest absolute Gasteiger partial charge is 0.175 e. The Hall–Kier alpha value is -9.04. The highest BCUT2D eigenvalue weighted by atomic mass is 35.5. The van der Waals surface area contributed by atoms with E-state index in [0.717, 1.165) is 62.8 Å². The van der Waals surface area contributed by atoms with Crippen LogP contribution in [-0.4, -0.2) is 109 Å². The number of sulfone groups is 4. The van der Waals surface area contributed by atoms with Crippen molar-refractivity contribution in [3.8, 4) is 89.5 Å². The first-order valence-corrected chi connectivity index (χ1v) is 37.9. The van der Waals surface area contributed by atoms with E-state index in [1.54, 1.807) is 134 Å². The zero-order valence-corrected chi connectivity index (χ0v) is 58.7. The summed E-state index contributed by atoms with van der Waals surface area (Å²) in [6, 6.07) is 46.5. The Morgan fingerprint density at radius 3 is 0.786 bits per heavy atom. The largest absolute Gasteiger partial charge is 0.390 e. The number of hydrogen-bond donors (Lipinski definition) is 2. The summed E-state index contributed by atoms with van der Waals surface area (Å²) in [4.78, 5) is 34.9. The van der Waals surface area contributed by atoms with E-state index in [1.165, 1.54) is 73.7 Å². The normalized spacial score (nSPS) is 12.5. The molecule has 26 heteroatoms. The number of aliphatic hydroxyl groups excluding tert-OH is 1. The van der Waals surface area contributed by atoms with Crippen molar-refractivity contribution in [2.24, 2.45) is 0 Å². The van der Waals surface area contributed by atoms with Crippen LogP contribution in [0.4, 0.5) is 0 Å². The van der Waals surface area contributed by atoms with Crippen LogP contribution in [0.3, 0.4) is 0 Å². The molecule has 0 aliphatic rings. The number of aryl methyl sites for hydroxylation is 2. The Bertz CT molecular complexity index is 5360. The number of halogens is 4. The van der Waals surface area contributed by atoms with Crippen molar-refractivity contribution < 1.29 is 50.7 Å². The van der Waals surface area contributed by atoms with E-state index in [2.05, 4.69) is 39.9 Å². The van der Waals surface area contributed by atoms with Crippen LogP contribution in [0.1, 0.15) is 29.6 Å². The maximum Gasteiger partial charge on any atom is 0.175 e. The van der Waals surface area contributed by atoms with Gasteiger partial charge in [-0.2, -0.15) is 0 Å². The van der Waals surface area contributed by atoms with E-state index in [4.69, 9.17) is 58.4 Å². The van der Waals surface area contributed by atoms with Gasteiger partial charge in [0.2, 0.25) is 0 Å². The summed E-state index contributed by atoms with van der Waals surface area (Å²) in [6.07, 6.45) is 17.0. The van der Waals surface area contributed by atoms with Gasteiger partial charge in [0.05, 0.1) is 89.7 Å². The highest BCUT2D eigenvalue weighted by Crippen LogP contribution is 2.37. The van der Waals surface area contributed by atoms with Gasteiger partial charge in [-0.3, -0.25) is 39.9 Å². The Morgan fingerprint density at radius 2 is 0.571 bits per heavy atom. The lowest BCUT2D eigenvalue weighted by atomic mass is 10.0. The summed E-state index contributed by atoms with van der Waals surface area (Å²) in [7, 11) is -13.1. The summed E-state index contributed by atoms with van der Waals surface area (Å²) in [5, 5.41) is 20.3. The number of aromatic nitrogens is 8. The van der Waals surface area contributed by atoms with Gasteiger partial charge in [-0.15, -0.1) is 0 Å². The molecule has 0 aliphatic carbocycles. The lowest BCUT2D eigenvalue weighted by molar-refractivity contribution is 0.276. The molecule has 2 N–H and O–H groups in total. The molecule has 0 unspecified atom stereocenters. The van der Waals surface area contributed by atoms with E-state index in [9.17, 15) is 38.8 Å². The van der Waals surface area contributed by atoms with Crippen LogP contribution in [-0.2, 0) is 52.5 Å². The molecular weight excluding hydrogens is 1410 g/mol. The summed E-state index contributed by atoms with van der Waals surface area (Å²) < 4.78 is 130. The molecule has 98 heavy (non-hydrogen) atoms. The lowest BCUT2D eigenvalue weighted by Gasteiger charge is -2.10. The van der Waals surface area contributed by atoms with Gasteiger partial charge in [0, 0.05) is 135 Å². The second-order valence-corrected chi connectivity index (χ2v) is 31.6. The van der Waals surface area contributed by atoms with Crippen LogP contribution in [0.25, 0.3) is 89.5 Å². The van der Waals surface area contributed by atoms with Gasteiger partial charge in [-0.25, -0.2) is 33.7 Å². The van der Waals surface area contributed by atoms with Crippen LogP contribution in [0.15, 0.2) is 239 Å². The topological polar surface area (TPSA) is 280 Å². The third-order valence-electron chi connectivity index (χ3n) is 14.4. The lowest BCUT2D eigenvalue weighted by Crippen LogP contribution is -1.97. The predicted molar refractivity (Wildman–Crippen MR) is 385 cm³/mol. The van der Waals surface area contributed by atoms with Gasteiger partial charge < -0.3 is 10.2 Å². The molecule has 18 nitrogen and oxygen atoms in total. The van der Waals surface area contributed by atoms with E-state index >= 15 is 0 Å². The van der Waals surface area contributed by atoms with Crippen molar-refractivity contribution in [2.75, 3.05) is 25.0 Å². The second-order valence-electron chi connectivity index (χ2n) is 21.7. The number of nitrogens with zero attached hydrogens (tertiary/aromatic N) is 8. The van der Waals surface area contributed by atoms with Crippen LogP contribution in [0.5, 0.6) is 0 Å². The zero-order chi connectivity index (χ0) is 75.0. The summed E-state index contributed by atoms with van der Waals surface area (Å²) in [5.41, 5.74) is 12.8. The average molecular weight is 1470 g/mol. The Kier molecular flexibility index (Phi) is 21.4. The van der Waals surface area contributed by atoms with E-state index in [1.807, 2.05) is 31.2 Å². The number of hydrogen-bond acceptors (Lipinski definition) is 18. The van der Waals surface area contributed by atoms with Crippen molar-refractivity contribution in [1.82, 2.24) is 39.9 Å². The molecule has 4 aromatic carbocycles. The molecule has 8 aromatic heterocycles.